The van der Waals surface area contributed by atoms with Crippen molar-refractivity contribution >= 4 is 41.2 Å². The van der Waals surface area contributed by atoms with E-state index < -0.39 is 17.9 Å². The number of nitrogens with one attached hydrogen (secondary N) is 1. The maximum atomic E-state index is 15.0. The number of unbranched alkanes of at least 4 members (excludes halogenated alkanes) is 13. The quantitative estimate of drug-likeness (QED) is 0.0239. The molecule has 2 amide bonds. The second kappa shape index (κ2) is 33.6. The van der Waals surface area contributed by atoms with Gasteiger partial charge in [0.25, 0.3) is 5.91 Å². The van der Waals surface area contributed by atoms with Crippen molar-refractivity contribution in [2.45, 2.75) is 181 Å². The minimum absolute atomic E-state index is 0.00596. The molecule has 19 heteroatoms. The zero-order valence-corrected chi connectivity index (χ0v) is 50.4. The summed E-state index contributed by atoms with van der Waals surface area (Å²) in [5, 5.41) is 39.7. The number of carboxylic acid groups (broad SMARTS) is 3. The van der Waals surface area contributed by atoms with Crippen LogP contribution in [0.4, 0.5) is 11.5 Å². The molecule has 0 spiro atoms. The van der Waals surface area contributed by atoms with Crippen LogP contribution in [0, 0.1) is 24.2 Å². The summed E-state index contributed by atoms with van der Waals surface area (Å²) in [4.78, 5) is 74.7. The first kappa shape index (κ1) is 65.5. The molecule has 3 aromatic heterocycles. The summed E-state index contributed by atoms with van der Waals surface area (Å²) in [5.74, 6) is -0.479. The van der Waals surface area contributed by atoms with Gasteiger partial charge in [-0.3, -0.25) is 24.0 Å². The number of anilines is 2. The van der Waals surface area contributed by atoms with Gasteiger partial charge < -0.3 is 39.5 Å². The Labute approximate surface area is 492 Å². The maximum absolute atomic E-state index is 15.0. The smallest absolute Gasteiger partial charge is 0.359 e. The zero-order chi connectivity index (χ0) is 59.6. The van der Waals surface area contributed by atoms with Crippen LogP contribution in [-0.4, -0.2) is 141 Å². The van der Waals surface area contributed by atoms with Crippen LogP contribution < -0.4 is 24.6 Å². The van der Waals surface area contributed by atoms with Gasteiger partial charge in [-0.15, -0.1) is 5.10 Å². The van der Waals surface area contributed by atoms with Crippen LogP contribution in [0.25, 0.3) is 0 Å². The molecule has 0 bridgehead atoms. The predicted octanol–water partition coefficient (Wildman–Crippen LogP) is 10.9. The second-order valence-corrected chi connectivity index (χ2v) is 24.6. The lowest BCUT2D eigenvalue weighted by atomic mass is 9.88. The molecule has 2 aliphatic rings. The highest BCUT2D eigenvalue weighted by molar-refractivity contribution is 6.09. The number of amides is 2. The Balaban J connectivity index is 0.854. The number of benzene rings is 1. The van der Waals surface area contributed by atoms with E-state index in [0.717, 1.165) is 99.9 Å². The Morgan fingerprint density at radius 1 is 0.807 bits per heavy atom. The van der Waals surface area contributed by atoms with Gasteiger partial charge in [0.15, 0.2) is 13.1 Å². The first-order valence-corrected chi connectivity index (χ1v) is 30.8. The molecule has 1 aromatic carbocycles. The molecule has 456 valence electrons. The molecule has 1 atom stereocenters. The van der Waals surface area contributed by atoms with Crippen molar-refractivity contribution in [2.24, 2.45) is 17.3 Å². The third kappa shape index (κ3) is 23.5. The van der Waals surface area contributed by atoms with Crippen molar-refractivity contribution in [3.63, 3.8) is 0 Å². The van der Waals surface area contributed by atoms with E-state index in [-0.39, 0.29) is 53.1 Å². The van der Waals surface area contributed by atoms with Gasteiger partial charge in [-0.1, -0.05) is 102 Å². The topological polar surface area (TPSA) is 239 Å². The first-order valence-electron chi connectivity index (χ1n) is 30.8. The third-order valence-corrected chi connectivity index (χ3v) is 16.5. The summed E-state index contributed by atoms with van der Waals surface area (Å²) in [7, 11) is 3.26. The summed E-state index contributed by atoms with van der Waals surface area (Å²) in [6.45, 7) is 9.68. The molecule has 0 radical (unpaired) electrons. The van der Waals surface area contributed by atoms with Crippen LogP contribution in [0.3, 0.4) is 0 Å². The van der Waals surface area contributed by atoms with Gasteiger partial charge in [-0.2, -0.15) is 0 Å². The number of hydrogen-bond donors (Lipinski definition) is 4. The van der Waals surface area contributed by atoms with Gasteiger partial charge in [0, 0.05) is 75.8 Å². The van der Waals surface area contributed by atoms with Gasteiger partial charge in [-0.25, -0.2) is 19.6 Å². The molecule has 1 saturated carbocycles. The molecule has 4 aromatic rings. The Kier molecular flexibility index (Phi) is 26.5. The van der Waals surface area contributed by atoms with Crippen molar-refractivity contribution in [1.82, 2.24) is 30.3 Å². The number of rotatable bonds is 41. The Hall–Kier alpha value is -6.63. The van der Waals surface area contributed by atoms with Crippen LogP contribution >= 0.6 is 0 Å². The van der Waals surface area contributed by atoms with E-state index in [2.05, 4.69) is 45.6 Å². The highest BCUT2D eigenvalue weighted by atomic mass is 16.5. The summed E-state index contributed by atoms with van der Waals surface area (Å²) in [6.07, 6.45) is 27.0. The summed E-state index contributed by atoms with van der Waals surface area (Å²) >= 11 is 0. The number of pyridine rings is 2. The fraction of sp³-hybridized carbons (Fsp3) is 0.641. The van der Waals surface area contributed by atoms with Crippen LogP contribution in [0.1, 0.15) is 188 Å². The molecule has 4 N–H and O–H groups in total. The minimum Gasteiger partial charge on any atom is -0.497 e. The predicted molar refractivity (Wildman–Crippen MR) is 321 cm³/mol. The van der Waals surface area contributed by atoms with E-state index in [1.165, 1.54) is 64.2 Å². The van der Waals surface area contributed by atoms with Crippen molar-refractivity contribution in [3.05, 3.63) is 83.4 Å². The Morgan fingerprint density at radius 2 is 1.46 bits per heavy atom. The maximum Gasteiger partial charge on any atom is 0.359 e. The minimum atomic E-state index is -1.04. The van der Waals surface area contributed by atoms with E-state index in [1.807, 2.05) is 65.0 Å². The zero-order valence-electron chi connectivity index (χ0n) is 50.4. The molecular formula is C64H96N9O10+. The number of aromatic nitrogens is 5. The average molecular weight is 1150 g/mol. The van der Waals surface area contributed by atoms with Gasteiger partial charge in [0.2, 0.25) is 11.8 Å². The lowest BCUT2D eigenvalue weighted by Crippen LogP contribution is -2.52. The average Bonchev–Trinajstić information content (AvgIpc) is 4.19. The molecule has 83 heavy (non-hydrogen) atoms. The van der Waals surface area contributed by atoms with E-state index in [4.69, 9.17) is 24.7 Å². The van der Waals surface area contributed by atoms with Crippen molar-refractivity contribution in [3.8, 4) is 11.6 Å². The molecule has 19 nitrogen and oxygen atoms in total. The number of methoxy groups -OCH3 is 1. The van der Waals surface area contributed by atoms with Crippen LogP contribution in [0.5, 0.6) is 11.6 Å². The van der Waals surface area contributed by atoms with Crippen molar-refractivity contribution < 1.29 is 53.2 Å². The SMILES string of the molecule is COc1ccc(C(=O)N(CC(C)(C)CCn2cc(CCCCCCCCCCCCCCCCC(=O)NCCC[N+](C)(CC(=O)O)CC(=O)O)nn2)c2cccc(C)n2)c(N2CCC(COc3cc([C@@H](CC(=O)O)C4CC4)ccn3)CC2)c1. The van der Waals surface area contributed by atoms with E-state index in [0.29, 0.717) is 74.6 Å². The molecule has 4 heterocycles. The van der Waals surface area contributed by atoms with Gasteiger partial charge in [0.1, 0.15) is 11.6 Å². The van der Waals surface area contributed by atoms with Crippen molar-refractivity contribution in [2.75, 3.05) is 76.4 Å². The normalized spacial score (nSPS) is 14.3. The van der Waals surface area contributed by atoms with Gasteiger partial charge in [-0.05, 0) is 117 Å². The monoisotopic (exact) mass is 1150 g/mol. The number of carbonyl (C=O) groups excluding carboxylic acids is 2. The number of aryl methyl sites for hydroxylation is 3. The molecule has 1 aliphatic carbocycles. The number of aliphatic carboxylic acids is 3. The summed E-state index contributed by atoms with van der Waals surface area (Å²) in [6, 6.07) is 15.4. The number of carboxylic acids is 3. The number of nitrogens with zero attached hydrogens (tertiary/aromatic N) is 8. The Bertz CT molecular complexity index is 2650. The van der Waals surface area contributed by atoms with Gasteiger partial charge >= 0.3 is 17.9 Å². The van der Waals surface area contributed by atoms with E-state index >= 15 is 4.79 Å². The highest BCUT2D eigenvalue weighted by Crippen LogP contribution is 2.45. The second-order valence-electron chi connectivity index (χ2n) is 24.6. The van der Waals surface area contributed by atoms with E-state index in [9.17, 15) is 24.3 Å². The van der Waals surface area contributed by atoms with Crippen molar-refractivity contribution in [1.29, 1.82) is 0 Å². The molecule has 2 fully saturated rings. The van der Waals surface area contributed by atoms with Gasteiger partial charge in [0.05, 0.1) is 50.7 Å². The number of quaternary nitrogens is 1. The summed E-state index contributed by atoms with van der Waals surface area (Å²) in [5.41, 5.74) is 3.95. The highest BCUT2D eigenvalue weighted by Gasteiger charge is 2.35. The van der Waals surface area contributed by atoms with E-state index in [1.54, 1.807) is 20.4 Å². The largest absolute Gasteiger partial charge is 0.497 e. The van der Waals surface area contributed by atoms with Crippen LogP contribution in [-0.2, 0) is 32.1 Å². The fourth-order valence-electron chi connectivity index (χ4n) is 11.5. The molecule has 6 rings (SSSR count). The molecule has 1 aliphatic heterocycles. The first-order chi connectivity index (χ1) is 39.9. The molecule has 1 saturated heterocycles. The fourth-order valence-corrected chi connectivity index (χ4v) is 11.5. The lowest BCUT2D eigenvalue weighted by molar-refractivity contribution is -0.895. The number of ether oxygens (including phenoxy) is 2. The standard InChI is InChI=1S/C64H95N9O10/c1-48-22-20-24-57(67-48)72(63(81)54-29-28-53(82-5)41-56(54)70-36-31-49(32-37-70)46-83-59-40-51(30-35-66-59)55(42-60(75)76)50-26-27-50)47-64(2,3)33-38-71-43-52(68-69-71)23-18-16-14-12-10-8-6-7-9-11-13-15-17-19-25-58(74)65-34-21-39-73(4,44-61(77)78)45-62(79)80/h20,22,24,28-30,35,40-41,43,49-50,55H,6-19,21,23,25-27,31-34,36-39,42,44-47H2,1-5H3,(H3-,65,74,75,76,77,78,79,80)/p+1/t55-/m0/s1. The summed E-state index contributed by atoms with van der Waals surface area (Å²) < 4.78 is 13.8. The Morgan fingerprint density at radius 3 is 2.07 bits per heavy atom. The lowest BCUT2D eigenvalue weighted by Gasteiger charge is -2.36. The number of hydrogen-bond acceptors (Lipinski definition) is 12. The number of likely N-dealkylation sites (N-methyl/N-ethyl adjacent to an activating group) is 1. The molecular weight excluding hydrogens is 1050 g/mol. The van der Waals surface area contributed by atoms with Crippen LogP contribution in [0.2, 0.25) is 0 Å². The number of piperidine rings is 1. The number of carbonyl (C=O) groups is 5. The van der Waals surface area contributed by atoms with Crippen LogP contribution in [0.15, 0.2) is 60.9 Å². The third-order valence-electron chi connectivity index (χ3n) is 16.5. The molecule has 0 unspecified atom stereocenters.